The molecular weight excluding hydrogens is 1020 g/mol. The number of nitrogens with zero attached hydrogens (tertiary/aromatic N) is 7. The van der Waals surface area contributed by atoms with E-state index in [4.69, 9.17) is 14.2 Å². The van der Waals surface area contributed by atoms with E-state index in [1.807, 2.05) is 63.1 Å². The maximum atomic E-state index is 14.9. The van der Waals surface area contributed by atoms with Crippen LogP contribution in [-0.2, 0) is 40.3 Å². The number of Topliss-reactive ketones (excluding diaryl/α,β-unsaturated/α-hetero) is 2. The standard InChI is InChI=1S/C32H37FN4O4S.C27H29FN4O2S/c1-5-12-37(31(39)41-32(2,3)4)14-13-36-19-26(35-20-36)29-18-25-30(42-29)28(10-11-34-25)40-27-9-8-22(17-24(27)33)16-23(38)15-21-6-7-21;1-2-8-29-10-11-32-16-23(31-17-32)26-15-22-27(35-26)25(7-9-30-22)34-24-6-5-19(14-21(24)28)13-20(33)12-18-3-4-18/h8-11,17-21H,5-7,12-16H2,1-4H3;5-7,9,14-18,29H,2-4,8,10-13H2,1H3. The van der Waals surface area contributed by atoms with Gasteiger partial charge in [-0.2, -0.15) is 0 Å². The van der Waals surface area contributed by atoms with Crippen molar-refractivity contribution in [3.63, 3.8) is 0 Å². The molecule has 18 heteroatoms. The van der Waals surface area contributed by atoms with Crippen molar-refractivity contribution < 1.29 is 37.4 Å². The van der Waals surface area contributed by atoms with Crippen LogP contribution >= 0.6 is 22.7 Å². The Morgan fingerprint density at radius 3 is 1.61 bits per heavy atom. The Balaban J connectivity index is 0.000000191. The van der Waals surface area contributed by atoms with Crippen LogP contribution in [0.3, 0.4) is 0 Å². The van der Waals surface area contributed by atoms with Gasteiger partial charge in [-0.05, 0) is 125 Å². The number of thiophene rings is 2. The van der Waals surface area contributed by atoms with Crippen molar-refractivity contribution in [2.75, 3.05) is 26.2 Å². The summed E-state index contributed by atoms with van der Waals surface area (Å²) in [5, 5.41) is 3.39. The lowest BCUT2D eigenvalue weighted by Gasteiger charge is -2.27. The molecule has 0 atom stereocenters. The molecule has 10 rings (SSSR count). The first-order chi connectivity index (χ1) is 37.2. The summed E-state index contributed by atoms with van der Waals surface area (Å²) in [6, 6.07) is 16.9. The minimum atomic E-state index is -0.548. The number of aromatic nitrogens is 6. The van der Waals surface area contributed by atoms with Gasteiger partial charge < -0.3 is 33.6 Å². The van der Waals surface area contributed by atoms with Crippen LogP contribution < -0.4 is 14.8 Å². The number of halogens is 2. The highest BCUT2D eigenvalue weighted by Crippen LogP contribution is 2.41. The number of ether oxygens (including phenoxy) is 3. The third-order valence-electron chi connectivity index (χ3n) is 12.9. The minimum Gasteiger partial charge on any atom is -0.453 e. The molecule has 1 amide bonds. The molecule has 6 aromatic heterocycles. The molecule has 2 fully saturated rings. The number of carbonyl (C=O) groups is 3. The molecule has 0 radical (unpaired) electrons. The Hall–Kier alpha value is -6.89. The van der Waals surface area contributed by atoms with Gasteiger partial charge in [0.05, 0.1) is 54.2 Å². The number of rotatable bonds is 24. The van der Waals surface area contributed by atoms with Crippen LogP contribution in [0.25, 0.3) is 41.6 Å². The molecule has 8 aromatic rings. The fraction of sp³-hybridized carbons (Fsp3) is 0.407. The second-order valence-electron chi connectivity index (χ2n) is 20.9. The average Bonchev–Trinajstić information content (AvgIpc) is 4.09. The number of ketones is 2. The predicted octanol–water partition coefficient (Wildman–Crippen LogP) is 13.7. The normalized spacial score (nSPS) is 13.4. The largest absolute Gasteiger partial charge is 0.453 e. The van der Waals surface area contributed by atoms with Crippen molar-refractivity contribution in [3.05, 3.63) is 121 Å². The monoisotopic (exact) mass is 1080 g/mol. The Bertz CT molecular complexity index is 3330. The Kier molecular flexibility index (Phi) is 17.9. The lowest BCUT2D eigenvalue weighted by Crippen LogP contribution is -2.39. The van der Waals surface area contributed by atoms with Gasteiger partial charge in [0.15, 0.2) is 23.1 Å². The number of hydrogen-bond donors (Lipinski definition) is 1. The van der Waals surface area contributed by atoms with Gasteiger partial charge in [0.25, 0.3) is 0 Å². The van der Waals surface area contributed by atoms with Crippen LogP contribution in [0.1, 0.15) is 97.1 Å². The molecule has 0 aliphatic heterocycles. The van der Waals surface area contributed by atoms with Gasteiger partial charge in [0.1, 0.15) is 28.7 Å². The number of pyridine rings is 2. The molecule has 77 heavy (non-hydrogen) atoms. The van der Waals surface area contributed by atoms with Gasteiger partial charge >= 0.3 is 6.09 Å². The summed E-state index contributed by atoms with van der Waals surface area (Å²) in [6.07, 6.45) is 18.7. The molecule has 0 unspecified atom stereocenters. The Labute approximate surface area is 455 Å². The number of hydrogen-bond acceptors (Lipinski definition) is 13. The molecule has 0 spiro atoms. The van der Waals surface area contributed by atoms with E-state index in [1.54, 1.807) is 60.0 Å². The van der Waals surface area contributed by atoms with Crippen molar-refractivity contribution >= 4 is 60.8 Å². The van der Waals surface area contributed by atoms with Gasteiger partial charge in [0.2, 0.25) is 0 Å². The average molecular weight is 1090 g/mol. The van der Waals surface area contributed by atoms with Gasteiger partial charge in [-0.3, -0.25) is 19.6 Å². The molecule has 1 N–H and O–H groups in total. The van der Waals surface area contributed by atoms with Crippen molar-refractivity contribution in [2.45, 2.75) is 118 Å². The fourth-order valence-electron chi connectivity index (χ4n) is 8.70. The molecular formula is C59H66F2N8O6S2. The third-order valence-corrected chi connectivity index (χ3v) is 15.3. The van der Waals surface area contributed by atoms with E-state index in [0.29, 0.717) is 66.9 Å². The second-order valence-corrected chi connectivity index (χ2v) is 23.0. The van der Waals surface area contributed by atoms with Crippen molar-refractivity contribution in [1.29, 1.82) is 0 Å². The number of benzene rings is 2. The lowest BCUT2D eigenvalue weighted by atomic mass is 10.0. The number of carbonyl (C=O) groups excluding carboxylic acids is 3. The quantitative estimate of drug-likeness (QED) is 0.0575. The van der Waals surface area contributed by atoms with Crippen LogP contribution in [-0.4, -0.2) is 83.4 Å². The van der Waals surface area contributed by atoms with Gasteiger partial charge in [-0.15, -0.1) is 22.7 Å². The number of nitrogens with one attached hydrogen (secondary N) is 1. The summed E-state index contributed by atoms with van der Waals surface area (Å²) in [5.41, 5.74) is 3.94. The van der Waals surface area contributed by atoms with Crippen LogP contribution in [0.15, 0.2) is 98.1 Å². The van der Waals surface area contributed by atoms with Crippen LogP contribution in [0.5, 0.6) is 23.0 Å². The van der Waals surface area contributed by atoms with E-state index in [2.05, 4.69) is 36.7 Å². The smallest absolute Gasteiger partial charge is 0.410 e. The van der Waals surface area contributed by atoms with E-state index in [1.165, 1.54) is 34.8 Å². The summed E-state index contributed by atoms with van der Waals surface area (Å²) in [7, 11) is 0. The fourth-order valence-corrected chi connectivity index (χ4v) is 10.8. The van der Waals surface area contributed by atoms with Crippen molar-refractivity contribution in [3.8, 4) is 44.1 Å². The molecule has 14 nitrogen and oxygen atoms in total. The highest BCUT2D eigenvalue weighted by molar-refractivity contribution is 7.22. The summed E-state index contributed by atoms with van der Waals surface area (Å²) >= 11 is 2.99. The van der Waals surface area contributed by atoms with Crippen LogP contribution in [0.4, 0.5) is 13.6 Å². The molecule has 6 heterocycles. The molecule has 2 saturated carbocycles. The lowest BCUT2D eigenvalue weighted by molar-refractivity contribution is -0.119. The van der Waals surface area contributed by atoms with Crippen LogP contribution in [0.2, 0.25) is 0 Å². The van der Waals surface area contributed by atoms with Gasteiger partial charge in [-0.25, -0.2) is 23.5 Å². The van der Waals surface area contributed by atoms with E-state index >= 15 is 0 Å². The van der Waals surface area contributed by atoms with Crippen molar-refractivity contribution in [2.24, 2.45) is 11.8 Å². The zero-order valence-electron chi connectivity index (χ0n) is 44.4. The van der Waals surface area contributed by atoms with E-state index < -0.39 is 17.2 Å². The second kappa shape index (κ2) is 25.1. The zero-order chi connectivity index (χ0) is 54.1. The molecule has 0 saturated heterocycles. The topological polar surface area (TPSA) is 156 Å². The summed E-state index contributed by atoms with van der Waals surface area (Å²) in [4.78, 5) is 58.6. The maximum Gasteiger partial charge on any atom is 0.410 e. The minimum absolute atomic E-state index is 0.0988. The first kappa shape index (κ1) is 54.9. The zero-order valence-corrected chi connectivity index (χ0v) is 46.0. The molecule has 0 bridgehead atoms. The summed E-state index contributed by atoms with van der Waals surface area (Å²) in [6.45, 7) is 14.2. The highest BCUT2D eigenvalue weighted by Gasteiger charge is 2.26. The first-order valence-corrected chi connectivity index (χ1v) is 28.3. The molecule has 2 aromatic carbocycles. The third kappa shape index (κ3) is 15.4. The van der Waals surface area contributed by atoms with Gasteiger partial charge in [0, 0.05) is 95.3 Å². The predicted molar refractivity (Wildman–Crippen MR) is 298 cm³/mol. The number of imidazole rings is 2. The van der Waals surface area contributed by atoms with E-state index in [9.17, 15) is 23.2 Å². The molecule has 2 aliphatic carbocycles. The van der Waals surface area contributed by atoms with Crippen molar-refractivity contribution in [1.82, 2.24) is 39.3 Å². The Morgan fingerprint density at radius 2 is 1.16 bits per heavy atom. The Morgan fingerprint density at radius 1 is 0.649 bits per heavy atom. The summed E-state index contributed by atoms with van der Waals surface area (Å²) in [5.74, 6) is 1.68. The summed E-state index contributed by atoms with van der Waals surface area (Å²) < 4.78 is 52.9. The van der Waals surface area contributed by atoms with E-state index in [0.717, 1.165) is 99.7 Å². The van der Waals surface area contributed by atoms with E-state index in [-0.39, 0.29) is 42.0 Å². The number of amides is 1. The first-order valence-electron chi connectivity index (χ1n) is 26.6. The van der Waals surface area contributed by atoms with Gasteiger partial charge in [-0.1, -0.05) is 26.0 Å². The molecule has 404 valence electrons. The number of fused-ring (bicyclic) bond motifs is 2. The molecule has 2 aliphatic rings. The highest BCUT2D eigenvalue weighted by atomic mass is 32.1. The maximum absolute atomic E-state index is 14.9. The SMILES string of the molecule is CCCN(CCn1cnc(-c2cc3nccc(Oc4ccc(CC(=O)CC5CC5)cc4F)c3s2)c1)C(=O)OC(C)(C)C.CCCNCCn1cnc(-c2cc3nccc(Oc4ccc(CC(=O)CC5CC5)cc4F)c3s2)c1. The van der Waals surface area contributed by atoms with Crippen LogP contribution in [0, 0.1) is 23.5 Å².